The first-order valence-corrected chi connectivity index (χ1v) is 5.69. The highest BCUT2D eigenvalue weighted by Gasteiger charge is 2.31. The van der Waals surface area contributed by atoms with Gasteiger partial charge in [0.2, 0.25) is 0 Å². The van der Waals surface area contributed by atoms with Crippen molar-refractivity contribution in [3.63, 3.8) is 0 Å². The van der Waals surface area contributed by atoms with Gasteiger partial charge in [-0.15, -0.1) is 0 Å². The van der Waals surface area contributed by atoms with Gasteiger partial charge in [-0.05, 0) is 18.3 Å². The van der Waals surface area contributed by atoms with Gasteiger partial charge in [-0.1, -0.05) is 27.7 Å². The second-order valence-electron chi connectivity index (χ2n) is 5.27. The number of rotatable bonds is 4. The van der Waals surface area contributed by atoms with E-state index in [0.29, 0.717) is 0 Å². The van der Waals surface area contributed by atoms with Gasteiger partial charge in [0.15, 0.2) is 0 Å². The molecule has 0 aromatic carbocycles. The number of hydrogen-bond acceptors (Lipinski definition) is 2. The Kier molecular flexibility index (Phi) is 3.71. The predicted molar refractivity (Wildman–Crippen MR) is 59.2 cm³/mol. The van der Waals surface area contributed by atoms with Crippen LogP contribution in [0.4, 0.5) is 0 Å². The summed E-state index contributed by atoms with van der Waals surface area (Å²) >= 11 is 0. The third-order valence-electron chi connectivity index (χ3n) is 3.74. The maximum Gasteiger partial charge on any atom is 0.127 e. The molecule has 1 fully saturated rings. The van der Waals surface area contributed by atoms with Crippen molar-refractivity contribution in [1.82, 2.24) is 4.90 Å². The number of carbonyl (C=O) groups is 1. The summed E-state index contributed by atoms with van der Waals surface area (Å²) in [5.74, 6) is 1.56. The van der Waals surface area contributed by atoms with E-state index in [-0.39, 0.29) is 5.41 Å². The molecule has 0 aromatic heterocycles. The lowest BCUT2D eigenvalue weighted by Crippen LogP contribution is -2.35. The van der Waals surface area contributed by atoms with Gasteiger partial charge in [-0.25, -0.2) is 0 Å². The quantitative estimate of drug-likeness (QED) is 0.644. The van der Waals surface area contributed by atoms with Crippen LogP contribution in [0.1, 0.15) is 34.1 Å². The van der Waals surface area contributed by atoms with Crippen molar-refractivity contribution >= 4 is 6.29 Å². The van der Waals surface area contributed by atoms with Gasteiger partial charge in [-0.2, -0.15) is 0 Å². The minimum absolute atomic E-state index is 0.135. The Morgan fingerprint density at radius 3 is 2.21 bits per heavy atom. The number of hydrogen-bond donors (Lipinski definition) is 0. The Hall–Kier alpha value is -0.370. The van der Waals surface area contributed by atoms with Crippen molar-refractivity contribution in [1.29, 1.82) is 0 Å². The van der Waals surface area contributed by atoms with Crippen LogP contribution in [-0.2, 0) is 4.79 Å². The molecule has 1 aliphatic rings. The summed E-state index contributed by atoms with van der Waals surface area (Å²) in [5.41, 5.74) is -0.135. The number of nitrogens with zero attached hydrogens (tertiary/aromatic N) is 1. The average molecular weight is 197 g/mol. The smallest absolute Gasteiger partial charge is 0.127 e. The second-order valence-corrected chi connectivity index (χ2v) is 5.27. The fourth-order valence-corrected chi connectivity index (χ4v) is 2.12. The van der Waals surface area contributed by atoms with Crippen LogP contribution in [0.25, 0.3) is 0 Å². The summed E-state index contributed by atoms with van der Waals surface area (Å²) in [4.78, 5) is 13.4. The fourth-order valence-electron chi connectivity index (χ4n) is 2.12. The average Bonchev–Trinajstić information content (AvgIpc) is 2.45. The maximum absolute atomic E-state index is 11.0. The molecule has 3 unspecified atom stereocenters. The number of aldehydes is 1. The summed E-state index contributed by atoms with van der Waals surface area (Å²) in [7, 11) is 0. The molecule has 2 heteroatoms. The zero-order chi connectivity index (χ0) is 10.8. The molecule has 1 saturated heterocycles. The molecule has 0 amide bonds. The van der Waals surface area contributed by atoms with Crippen molar-refractivity contribution in [2.75, 3.05) is 19.6 Å². The predicted octanol–water partition coefficient (Wildman–Crippen LogP) is 2.19. The molecule has 1 aliphatic heterocycles. The molecule has 2 nitrogen and oxygen atoms in total. The van der Waals surface area contributed by atoms with Crippen LogP contribution in [0.2, 0.25) is 0 Å². The molecule has 1 rings (SSSR count). The van der Waals surface area contributed by atoms with Crippen LogP contribution in [0.15, 0.2) is 0 Å². The van der Waals surface area contributed by atoms with Gasteiger partial charge in [0, 0.05) is 25.0 Å². The Balaban J connectivity index is 2.49. The highest BCUT2D eigenvalue weighted by molar-refractivity contribution is 5.58. The van der Waals surface area contributed by atoms with Crippen molar-refractivity contribution in [3.8, 4) is 0 Å². The van der Waals surface area contributed by atoms with E-state index in [1.807, 2.05) is 0 Å². The Bertz CT molecular complexity index is 194. The minimum atomic E-state index is -0.135. The van der Waals surface area contributed by atoms with E-state index in [4.69, 9.17) is 0 Å². The SMILES string of the molecule is CCC(C)(C=O)CN1CC(C)C(C)C1. The normalized spacial score (nSPS) is 32.9. The lowest BCUT2D eigenvalue weighted by molar-refractivity contribution is -0.116. The Morgan fingerprint density at radius 1 is 1.36 bits per heavy atom. The van der Waals surface area contributed by atoms with E-state index < -0.39 is 0 Å². The van der Waals surface area contributed by atoms with Crippen molar-refractivity contribution in [2.45, 2.75) is 34.1 Å². The van der Waals surface area contributed by atoms with Gasteiger partial charge in [-0.3, -0.25) is 0 Å². The van der Waals surface area contributed by atoms with Crippen LogP contribution < -0.4 is 0 Å². The van der Waals surface area contributed by atoms with Gasteiger partial charge in [0.25, 0.3) is 0 Å². The van der Waals surface area contributed by atoms with Crippen LogP contribution in [0.3, 0.4) is 0 Å². The summed E-state index contributed by atoms with van der Waals surface area (Å²) < 4.78 is 0. The standard InChI is InChI=1S/C12H23NO/c1-5-12(4,9-14)8-13-6-10(2)11(3)7-13/h9-11H,5-8H2,1-4H3. The van der Waals surface area contributed by atoms with Crippen LogP contribution >= 0.6 is 0 Å². The van der Waals surface area contributed by atoms with Gasteiger partial charge >= 0.3 is 0 Å². The third-order valence-corrected chi connectivity index (χ3v) is 3.74. The highest BCUT2D eigenvalue weighted by atomic mass is 16.1. The van der Waals surface area contributed by atoms with Crippen LogP contribution in [0.5, 0.6) is 0 Å². The lowest BCUT2D eigenvalue weighted by Gasteiger charge is -2.27. The van der Waals surface area contributed by atoms with Crippen LogP contribution in [0, 0.1) is 17.3 Å². The van der Waals surface area contributed by atoms with E-state index in [1.165, 1.54) is 0 Å². The minimum Gasteiger partial charge on any atom is -0.303 e. The molecule has 0 saturated carbocycles. The molecule has 0 aromatic rings. The summed E-state index contributed by atoms with van der Waals surface area (Å²) in [5, 5.41) is 0. The van der Waals surface area contributed by atoms with Gasteiger partial charge < -0.3 is 9.69 Å². The van der Waals surface area contributed by atoms with Crippen molar-refractivity contribution in [3.05, 3.63) is 0 Å². The summed E-state index contributed by atoms with van der Waals surface area (Å²) in [6.07, 6.45) is 2.07. The highest BCUT2D eigenvalue weighted by Crippen LogP contribution is 2.27. The molecular weight excluding hydrogens is 174 g/mol. The number of likely N-dealkylation sites (tertiary alicyclic amines) is 1. The molecule has 14 heavy (non-hydrogen) atoms. The van der Waals surface area contributed by atoms with Gasteiger partial charge in [0.05, 0.1) is 0 Å². The van der Waals surface area contributed by atoms with E-state index >= 15 is 0 Å². The molecular formula is C12H23NO. The maximum atomic E-state index is 11.0. The molecule has 3 atom stereocenters. The largest absolute Gasteiger partial charge is 0.303 e. The Labute approximate surface area is 87.7 Å². The summed E-state index contributed by atoms with van der Waals surface area (Å²) in [6, 6.07) is 0. The van der Waals surface area contributed by atoms with E-state index in [9.17, 15) is 4.79 Å². The fraction of sp³-hybridized carbons (Fsp3) is 0.917. The van der Waals surface area contributed by atoms with Crippen molar-refractivity contribution < 1.29 is 4.79 Å². The molecule has 0 bridgehead atoms. The first kappa shape index (κ1) is 11.7. The van der Waals surface area contributed by atoms with Gasteiger partial charge in [0.1, 0.15) is 6.29 Å². The third kappa shape index (κ3) is 2.57. The van der Waals surface area contributed by atoms with E-state index in [2.05, 4.69) is 32.6 Å². The first-order valence-electron chi connectivity index (χ1n) is 5.69. The second kappa shape index (κ2) is 4.43. The van der Waals surface area contributed by atoms with Crippen molar-refractivity contribution in [2.24, 2.45) is 17.3 Å². The van der Waals surface area contributed by atoms with E-state index in [0.717, 1.165) is 44.2 Å². The zero-order valence-corrected chi connectivity index (χ0v) is 9.92. The van der Waals surface area contributed by atoms with E-state index in [1.54, 1.807) is 0 Å². The number of carbonyl (C=O) groups excluding carboxylic acids is 1. The molecule has 0 N–H and O–H groups in total. The lowest BCUT2D eigenvalue weighted by atomic mass is 9.89. The molecule has 82 valence electrons. The van der Waals surface area contributed by atoms with Crippen LogP contribution in [-0.4, -0.2) is 30.8 Å². The zero-order valence-electron chi connectivity index (χ0n) is 9.92. The monoisotopic (exact) mass is 197 g/mol. The Morgan fingerprint density at radius 2 is 1.86 bits per heavy atom. The molecule has 1 heterocycles. The summed E-state index contributed by atoms with van der Waals surface area (Å²) in [6.45, 7) is 12.0. The topological polar surface area (TPSA) is 20.3 Å². The molecule has 0 aliphatic carbocycles. The molecule has 0 spiro atoms. The molecule has 0 radical (unpaired) electrons. The first-order chi connectivity index (χ1) is 6.50.